The summed E-state index contributed by atoms with van der Waals surface area (Å²) in [5, 5.41) is 53.0. The molecule has 1 aromatic heterocycles. The molecule has 0 bridgehead atoms. The fourth-order valence-electron chi connectivity index (χ4n) is 9.16. The SMILES string of the molecule is Cc1c(C2=C(C=CC3=[N+](CCCCS(=O)(=O)[O-])c4ccc(S(=O)(=O)[O-])cc4C3(C)C)CCC2=C/C=C2/N(CCS(=O)(=O)[O-])c3ccc(SOO[O-])cc3C2(C)C)c([O-])n(CCSOO[O-])c(=O)c1C#N.[Na+].[Na+].[Na+].[Na+].[Na+]. The van der Waals surface area contributed by atoms with Gasteiger partial charge < -0.3 is 38.7 Å². The quantitative estimate of drug-likeness (QED) is 0.0182. The van der Waals surface area contributed by atoms with Crippen LogP contribution in [-0.4, -0.2) is 84.1 Å². The van der Waals surface area contributed by atoms with Gasteiger partial charge in [0.15, 0.2) is 5.71 Å². The zero-order chi connectivity index (χ0) is 51.6. The summed E-state index contributed by atoms with van der Waals surface area (Å²) in [5.41, 5.74) is 1.69. The van der Waals surface area contributed by atoms with E-state index in [4.69, 9.17) is 0 Å². The Hall–Kier alpha value is 0.300. The van der Waals surface area contributed by atoms with Gasteiger partial charge in [-0.2, -0.15) is 18.5 Å². The van der Waals surface area contributed by atoms with Gasteiger partial charge in [0.2, 0.25) is 5.69 Å². The van der Waals surface area contributed by atoms with Gasteiger partial charge in [0.1, 0.15) is 28.3 Å². The Morgan fingerprint density at radius 3 is 2.07 bits per heavy atom. The average Bonchev–Trinajstić information content (AvgIpc) is 3.84. The van der Waals surface area contributed by atoms with E-state index < -0.39 is 69.0 Å². The van der Waals surface area contributed by atoms with Crippen LogP contribution in [0.25, 0.3) is 5.57 Å². The molecule has 0 spiro atoms. The standard InChI is InChI=1S/C44H50N4O17S5.5Na/c1-27-32(26-45)41(49)48(19-21-66-64-62-51)42(50)39(27)40-28(10-16-37-44(4,5)34-25-31(70(59,60)61)13-15-36(34)46(37)18-6-7-22-68(53,54)55)8-9-29(40)11-17-38-43(2,3)33-24-30(67-65-63-52)12-14-35(33)47(38)20-23-69(56,57)58;;;;;/h10-17,24-25,51-52H,6-9,18-23H2,1-5H3,(H,53,54,55)(H,56,57,58)(H,59,60,61);;;;;/q;5*+1/p-5/b29-11?,38-17+;;;;;. The van der Waals surface area contributed by atoms with E-state index in [1.54, 1.807) is 61.3 Å². The molecule has 1 aliphatic carbocycles. The number of hydrogen-bond acceptors (Lipinski definition) is 21. The minimum absolute atomic E-state index is 0. The number of rotatable bonds is 21. The van der Waals surface area contributed by atoms with Crippen LogP contribution in [-0.2, 0) is 66.5 Å². The summed E-state index contributed by atoms with van der Waals surface area (Å²) in [4.78, 5) is 15.3. The zero-order valence-electron chi connectivity index (χ0n) is 43.1. The van der Waals surface area contributed by atoms with Gasteiger partial charge in [-0.25, -0.2) is 25.3 Å². The number of unbranched alkanes of at least 4 members (excludes halogenated alkanes) is 1. The summed E-state index contributed by atoms with van der Waals surface area (Å²) in [6, 6.07) is 10.8. The van der Waals surface area contributed by atoms with E-state index in [1.165, 1.54) is 25.1 Å². The average molecular weight is 1180 g/mol. The summed E-state index contributed by atoms with van der Waals surface area (Å²) in [7, 11) is -14.1. The molecule has 3 aliphatic rings. The van der Waals surface area contributed by atoms with Gasteiger partial charge in [0, 0.05) is 82.5 Å². The van der Waals surface area contributed by atoms with Gasteiger partial charge in [0.05, 0.1) is 48.3 Å². The maximum atomic E-state index is 14.7. The van der Waals surface area contributed by atoms with Gasteiger partial charge in [-0.15, -0.1) is 0 Å². The van der Waals surface area contributed by atoms with Crippen LogP contribution in [0.15, 0.2) is 92.1 Å². The molecule has 0 fully saturated rings. The van der Waals surface area contributed by atoms with E-state index >= 15 is 0 Å². The first-order valence-corrected chi connectivity index (χ1v) is 27.4. The molecule has 21 nitrogen and oxygen atoms in total. The molecule has 75 heavy (non-hydrogen) atoms. The molecule has 2 aliphatic heterocycles. The Labute approximate surface area is 555 Å². The molecule has 0 amide bonds. The molecule has 31 heteroatoms. The normalized spacial score (nSPS) is 16.7. The van der Waals surface area contributed by atoms with E-state index in [0.29, 0.717) is 79.6 Å². The second-order valence-electron chi connectivity index (χ2n) is 17.4. The Kier molecular flexibility index (Phi) is 29.9. The molecule has 0 radical (unpaired) electrons. The second kappa shape index (κ2) is 30.6. The minimum Gasteiger partial charge on any atom is -0.860 e. The third-order valence-electron chi connectivity index (χ3n) is 12.5. The van der Waals surface area contributed by atoms with Crippen LogP contribution >= 0.6 is 24.1 Å². The van der Waals surface area contributed by atoms with Gasteiger partial charge in [0.25, 0.3) is 5.56 Å². The molecule has 0 unspecified atom stereocenters. The Balaban J connectivity index is 0.00000562. The van der Waals surface area contributed by atoms with E-state index in [2.05, 4.69) is 18.7 Å². The van der Waals surface area contributed by atoms with Crippen molar-refractivity contribution in [1.29, 1.82) is 5.26 Å². The number of aromatic nitrogens is 1. The molecule has 378 valence electrons. The number of allylic oxidation sites excluding steroid dienone is 8. The van der Waals surface area contributed by atoms with Gasteiger partial charge in [-0.1, -0.05) is 26.0 Å². The topological polar surface area (TPSA) is 330 Å². The number of benzene rings is 2. The number of fused-ring (bicyclic) bond motifs is 2. The first-order chi connectivity index (χ1) is 32.8. The van der Waals surface area contributed by atoms with Crippen molar-refractivity contribution in [2.24, 2.45) is 0 Å². The summed E-state index contributed by atoms with van der Waals surface area (Å²) >= 11 is 1.17. The molecule has 0 saturated heterocycles. The maximum absolute atomic E-state index is 14.7. The fourth-order valence-corrected chi connectivity index (χ4v) is 11.4. The number of nitriles is 1. The van der Waals surface area contributed by atoms with E-state index in [0.717, 1.165) is 4.57 Å². The van der Waals surface area contributed by atoms with E-state index in [-0.39, 0.29) is 216 Å². The Morgan fingerprint density at radius 1 is 0.813 bits per heavy atom. The predicted octanol–water partition coefficient (Wildman–Crippen LogP) is -12.2. The molecular formula is C44H45N4Na5O17S5. The van der Waals surface area contributed by atoms with Crippen LogP contribution < -0.4 is 174 Å². The minimum atomic E-state index is -4.88. The molecule has 3 heterocycles. The second-order valence-corrected chi connectivity index (χ2v) is 23.4. The summed E-state index contributed by atoms with van der Waals surface area (Å²) in [6.07, 6.45) is 7.69. The third kappa shape index (κ3) is 17.4. The van der Waals surface area contributed by atoms with Gasteiger partial charge in [-0.05, 0) is 116 Å². The van der Waals surface area contributed by atoms with Crippen molar-refractivity contribution < 1.29 is 226 Å². The summed E-state index contributed by atoms with van der Waals surface area (Å²) in [5.74, 6) is -2.28. The molecule has 6 rings (SSSR count). The number of nitrogens with zero attached hydrogens (tertiary/aromatic N) is 4. The smallest absolute Gasteiger partial charge is 0.860 e. The van der Waals surface area contributed by atoms with Crippen LogP contribution in [0.3, 0.4) is 0 Å². The van der Waals surface area contributed by atoms with Gasteiger partial charge in [-0.3, -0.25) is 14.9 Å². The summed E-state index contributed by atoms with van der Waals surface area (Å²) < 4.78 is 118. The number of anilines is 1. The monoisotopic (exact) mass is 1180 g/mol. The molecule has 3 aromatic rings. The van der Waals surface area contributed by atoms with Crippen molar-refractivity contribution in [3.63, 3.8) is 0 Å². The Morgan fingerprint density at radius 2 is 1.47 bits per heavy atom. The Bertz CT molecular complexity index is 3210. The van der Waals surface area contributed by atoms with Crippen LogP contribution in [0.5, 0.6) is 5.88 Å². The van der Waals surface area contributed by atoms with E-state index in [9.17, 15) is 64.6 Å². The largest absolute Gasteiger partial charge is 1.00 e. The van der Waals surface area contributed by atoms with Crippen molar-refractivity contribution in [3.8, 4) is 11.9 Å². The molecular weight excluding hydrogens is 1130 g/mol. The molecule has 0 N–H and O–H groups in total. The third-order valence-corrected chi connectivity index (χ3v) is 15.8. The first kappa shape index (κ1) is 73.3. The molecule has 0 saturated carbocycles. The zero-order valence-corrected chi connectivity index (χ0v) is 57.2. The molecule has 2 aromatic carbocycles. The van der Waals surface area contributed by atoms with Crippen molar-refractivity contribution in [3.05, 3.63) is 116 Å². The van der Waals surface area contributed by atoms with Crippen LogP contribution in [0, 0.1) is 18.3 Å². The fraction of sp³-hybridized carbons (Fsp3) is 0.386. The van der Waals surface area contributed by atoms with Crippen molar-refractivity contribution in [1.82, 2.24) is 4.57 Å². The van der Waals surface area contributed by atoms with Crippen LogP contribution in [0.2, 0.25) is 0 Å². The van der Waals surface area contributed by atoms with Crippen molar-refractivity contribution >= 4 is 77.1 Å². The maximum Gasteiger partial charge on any atom is 1.00 e. The van der Waals surface area contributed by atoms with Crippen LogP contribution in [0.4, 0.5) is 11.4 Å². The first-order valence-electron chi connectivity index (χ1n) is 21.2. The number of hydrogen-bond donors (Lipinski definition) is 0. The van der Waals surface area contributed by atoms with E-state index in [1.807, 2.05) is 24.5 Å². The number of pyridine rings is 1. The van der Waals surface area contributed by atoms with Crippen LogP contribution in [0.1, 0.15) is 81.2 Å². The van der Waals surface area contributed by atoms with Crippen molar-refractivity contribution in [2.45, 2.75) is 87.5 Å². The predicted molar refractivity (Wildman–Crippen MR) is 246 cm³/mol. The molecule has 0 atom stereocenters. The van der Waals surface area contributed by atoms with Gasteiger partial charge >= 0.3 is 148 Å². The van der Waals surface area contributed by atoms with Crippen molar-refractivity contribution in [2.75, 3.05) is 35.2 Å². The summed E-state index contributed by atoms with van der Waals surface area (Å²) in [6.45, 7) is 8.38.